The van der Waals surface area contributed by atoms with E-state index in [4.69, 9.17) is 0 Å². The molecule has 0 fully saturated rings. The number of carboxylic acid groups (broad SMARTS) is 1. The maximum absolute atomic E-state index is 12.1. The molecular formula is C23H12N3O8SSe+. The number of non-ortho nitro benzene ring substituents is 2. The molecule has 11 nitrogen and oxygen atoms in total. The van der Waals surface area contributed by atoms with Crippen LogP contribution < -0.4 is 0 Å². The molecule has 0 aliphatic heterocycles. The van der Waals surface area contributed by atoms with Crippen molar-refractivity contribution in [2.45, 2.75) is 5.92 Å². The number of carbonyl (C=O) groups is 1. The monoisotopic (exact) mass is 570 g/mol. The maximum atomic E-state index is 12.1. The second-order valence-corrected chi connectivity index (χ2v) is 11.4. The Balaban J connectivity index is 1.86. The molecule has 178 valence electrons. The van der Waals surface area contributed by atoms with Gasteiger partial charge in [-0.05, 0) is 0 Å². The summed E-state index contributed by atoms with van der Waals surface area (Å²) in [5, 5.41) is 45.1. The first kappa shape index (κ1) is 23.4. The van der Waals surface area contributed by atoms with Gasteiger partial charge in [0.25, 0.3) is 0 Å². The second-order valence-electron chi connectivity index (χ2n) is 7.78. The number of nitro groups is 3. The predicted octanol–water partition coefficient (Wildman–Crippen LogP) is 5.34. The number of nitrogens with zero attached hydrogens (tertiary/aromatic N) is 3. The number of hydrogen-bond donors (Lipinski definition) is 1. The van der Waals surface area contributed by atoms with E-state index in [0.29, 0.717) is 0 Å². The van der Waals surface area contributed by atoms with Gasteiger partial charge in [-0.15, -0.1) is 0 Å². The normalized spacial score (nSPS) is 13.6. The Hall–Kier alpha value is -4.32. The average molecular weight is 569 g/mol. The van der Waals surface area contributed by atoms with E-state index in [0.717, 1.165) is 26.3 Å². The minimum atomic E-state index is -1.49. The van der Waals surface area contributed by atoms with E-state index in [1.165, 1.54) is 23.5 Å². The summed E-state index contributed by atoms with van der Waals surface area (Å²) in [5.74, 6) is -2.29. The van der Waals surface area contributed by atoms with E-state index in [9.17, 15) is 40.2 Å². The fourth-order valence-electron chi connectivity index (χ4n) is 4.36. The van der Waals surface area contributed by atoms with Crippen molar-refractivity contribution >= 4 is 48.9 Å². The van der Waals surface area contributed by atoms with Gasteiger partial charge in [0.15, 0.2) is 0 Å². The molecule has 4 aromatic rings. The fraction of sp³-hybridized carbons (Fsp3) is 0.0435. The van der Waals surface area contributed by atoms with Crippen molar-refractivity contribution in [2.75, 3.05) is 0 Å². The van der Waals surface area contributed by atoms with Gasteiger partial charge in [-0.2, -0.15) is 0 Å². The zero-order chi connectivity index (χ0) is 25.7. The van der Waals surface area contributed by atoms with Gasteiger partial charge >= 0.3 is 211 Å². The number of aromatic carboxylic acids is 1. The molecule has 1 aliphatic carbocycles. The number of hydrogen-bond acceptors (Lipinski definition) is 7. The van der Waals surface area contributed by atoms with E-state index < -0.39 is 49.3 Å². The molecular weight excluding hydrogens is 557 g/mol. The SMILES string of the molecule is O=C(O)c1cc([N+](=O)[O-])cc2c1-c1c(cc([N+](=O)[O-])cc1[N+](=O)[O-])C2c1[s+]c(-c2ccccc2)c[se]1. The minimum absolute atomic E-state index is 0.0215. The topological polar surface area (TPSA) is 167 Å². The van der Waals surface area contributed by atoms with Gasteiger partial charge in [0.05, 0.1) is 0 Å². The van der Waals surface area contributed by atoms with Crippen LogP contribution >= 0.6 is 11.3 Å². The molecule has 0 bridgehead atoms. The molecule has 1 unspecified atom stereocenters. The van der Waals surface area contributed by atoms with E-state index >= 15 is 0 Å². The van der Waals surface area contributed by atoms with E-state index in [1.54, 1.807) is 0 Å². The summed E-state index contributed by atoms with van der Waals surface area (Å²) < 4.78 is 0.785. The molecule has 13 heteroatoms. The van der Waals surface area contributed by atoms with Gasteiger partial charge in [-0.25, -0.2) is 0 Å². The van der Waals surface area contributed by atoms with Gasteiger partial charge in [0.2, 0.25) is 0 Å². The second kappa shape index (κ2) is 8.72. The summed E-state index contributed by atoms with van der Waals surface area (Å²) in [6.45, 7) is 0. The summed E-state index contributed by atoms with van der Waals surface area (Å²) in [6, 6.07) is 13.5. The van der Waals surface area contributed by atoms with Gasteiger partial charge < -0.3 is 0 Å². The molecule has 36 heavy (non-hydrogen) atoms. The molecule has 1 aliphatic rings. The number of nitro benzene ring substituents is 3. The zero-order valence-electron chi connectivity index (χ0n) is 17.8. The van der Waals surface area contributed by atoms with Crippen LogP contribution in [-0.2, 0) is 0 Å². The first-order valence-electron chi connectivity index (χ1n) is 10.2. The zero-order valence-corrected chi connectivity index (χ0v) is 20.3. The van der Waals surface area contributed by atoms with Crippen molar-refractivity contribution in [2.24, 2.45) is 0 Å². The van der Waals surface area contributed by atoms with Crippen LogP contribution in [0.25, 0.3) is 21.6 Å². The third-order valence-electron chi connectivity index (χ3n) is 5.79. The molecule has 0 saturated carbocycles. The van der Waals surface area contributed by atoms with Crippen molar-refractivity contribution in [3.63, 3.8) is 0 Å². The summed E-state index contributed by atoms with van der Waals surface area (Å²) in [6.07, 6.45) is 0. The molecule has 1 N–H and O–H groups in total. The summed E-state index contributed by atoms with van der Waals surface area (Å²) in [7, 11) is 0. The number of carboxylic acids is 1. The molecule has 0 spiro atoms. The molecule has 0 saturated heterocycles. The van der Waals surface area contributed by atoms with Crippen LogP contribution in [0.3, 0.4) is 0 Å². The first-order chi connectivity index (χ1) is 17.2. The van der Waals surface area contributed by atoms with Crippen molar-refractivity contribution in [3.8, 4) is 21.6 Å². The van der Waals surface area contributed by atoms with Crippen LogP contribution in [-0.4, -0.2) is 40.3 Å². The molecule has 1 atom stereocenters. The van der Waals surface area contributed by atoms with E-state index in [-0.39, 0.29) is 36.8 Å². The Kier molecular flexibility index (Phi) is 5.67. The third-order valence-corrected chi connectivity index (χ3v) is 9.89. The standard InChI is InChI=1S/C23H11N3O8SSe/c27-22(28)16-8-12(24(29)30)6-14-19(16)21-15(7-13(25(31)32)9-17(21)26(33)34)20(14)23-35-18(10-36-23)11-4-2-1-3-5-11/h1-10,20H/p+1. The Morgan fingerprint density at radius 1 is 0.861 bits per heavy atom. The molecule has 3 aromatic carbocycles. The van der Waals surface area contributed by atoms with Crippen molar-refractivity contribution < 1.29 is 24.7 Å². The van der Waals surface area contributed by atoms with Gasteiger partial charge in [0.1, 0.15) is 0 Å². The fourth-order valence-corrected chi connectivity index (χ4v) is 8.54. The van der Waals surface area contributed by atoms with Gasteiger partial charge in [0, 0.05) is 0 Å². The van der Waals surface area contributed by atoms with Crippen molar-refractivity contribution in [1.82, 2.24) is 0 Å². The third kappa shape index (κ3) is 3.75. The summed E-state index contributed by atoms with van der Waals surface area (Å²) in [5.41, 5.74) is -0.813. The first-order valence-corrected chi connectivity index (χ1v) is 12.8. The molecule has 1 aromatic heterocycles. The molecule has 0 radical (unpaired) electrons. The molecule has 5 rings (SSSR count). The quantitative estimate of drug-likeness (QED) is 0.124. The Morgan fingerprint density at radius 2 is 1.47 bits per heavy atom. The van der Waals surface area contributed by atoms with E-state index in [2.05, 4.69) is 0 Å². The van der Waals surface area contributed by atoms with Crippen LogP contribution in [0.5, 0.6) is 0 Å². The van der Waals surface area contributed by atoms with Crippen LogP contribution in [0.1, 0.15) is 31.2 Å². The Morgan fingerprint density at radius 3 is 2.06 bits per heavy atom. The van der Waals surface area contributed by atoms with Crippen LogP contribution in [0.15, 0.2) is 59.5 Å². The van der Waals surface area contributed by atoms with Crippen LogP contribution in [0, 0.1) is 30.3 Å². The van der Waals surface area contributed by atoms with E-state index in [1.807, 2.05) is 35.3 Å². The number of fused-ring (bicyclic) bond motifs is 3. The molecule has 0 amide bonds. The van der Waals surface area contributed by atoms with Crippen LogP contribution in [0.4, 0.5) is 17.1 Å². The Bertz CT molecular complexity index is 1540. The molecule has 1 heterocycles. The van der Waals surface area contributed by atoms with Gasteiger partial charge in [-0.3, -0.25) is 0 Å². The van der Waals surface area contributed by atoms with Gasteiger partial charge in [-0.1, -0.05) is 0 Å². The summed E-state index contributed by atoms with van der Waals surface area (Å²) in [4.78, 5) is 48.0. The van der Waals surface area contributed by atoms with Crippen LogP contribution in [0.2, 0.25) is 0 Å². The number of rotatable bonds is 6. The van der Waals surface area contributed by atoms with Crippen molar-refractivity contribution in [3.05, 3.63) is 110 Å². The van der Waals surface area contributed by atoms with Crippen molar-refractivity contribution in [1.29, 1.82) is 0 Å². The number of benzene rings is 3. The summed E-state index contributed by atoms with van der Waals surface area (Å²) >= 11 is 1.11. The Labute approximate surface area is 211 Å². The average Bonchev–Trinajstić information content (AvgIpc) is 3.45. The predicted molar refractivity (Wildman–Crippen MR) is 131 cm³/mol.